The minimum Gasteiger partial charge on any atom is -0.327 e. The number of carbonyl (C=O) groups is 1. The topological polar surface area (TPSA) is 72.9 Å². The molecule has 1 amide bonds. The van der Waals surface area contributed by atoms with Crippen molar-refractivity contribution in [3.05, 3.63) is 12.3 Å². The van der Waals surface area contributed by atoms with E-state index >= 15 is 0 Å². The molecule has 3 N–H and O–H groups in total. The van der Waals surface area contributed by atoms with Crippen LogP contribution in [-0.4, -0.2) is 21.7 Å². The molecule has 5 nitrogen and oxygen atoms in total. The fraction of sp³-hybridized carbons (Fsp3) is 0.692. The quantitative estimate of drug-likeness (QED) is 0.871. The second-order valence-electron chi connectivity index (χ2n) is 5.38. The molecule has 0 bridgehead atoms. The molecule has 0 spiro atoms. The maximum absolute atomic E-state index is 12.0. The van der Waals surface area contributed by atoms with Crippen molar-refractivity contribution in [2.24, 2.45) is 17.6 Å². The van der Waals surface area contributed by atoms with Crippen molar-refractivity contribution in [3.8, 4) is 0 Å². The van der Waals surface area contributed by atoms with Gasteiger partial charge in [-0.3, -0.25) is 4.79 Å². The highest BCUT2D eigenvalue weighted by molar-refractivity contribution is 5.91. The van der Waals surface area contributed by atoms with Gasteiger partial charge in [0.05, 0.1) is 18.2 Å². The molecule has 19 heavy (non-hydrogen) atoms. The predicted molar refractivity (Wildman–Crippen MR) is 78.4 cm³/mol. The molecule has 1 aromatic rings. The Hall–Kier alpha value is -1.07. The molecular weight excluding hydrogens is 264 g/mol. The normalized spacial score (nSPS) is 19.2. The van der Waals surface area contributed by atoms with E-state index in [2.05, 4.69) is 17.3 Å². The molecule has 1 heterocycles. The third-order valence-electron chi connectivity index (χ3n) is 3.81. The molecule has 108 valence electrons. The number of amides is 1. The number of hydrogen-bond acceptors (Lipinski definition) is 3. The summed E-state index contributed by atoms with van der Waals surface area (Å²) in [5.74, 6) is 1.22. The number of aromatic nitrogens is 2. The van der Waals surface area contributed by atoms with Crippen molar-refractivity contribution in [1.29, 1.82) is 0 Å². The Balaban J connectivity index is 0.00000180. The summed E-state index contributed by atoms with van der Waals surface area (Å²) < 4.78 is 1.91. The Morgan fingerprint density at radius 2 is 2.11 bits per heavy atom. The predicted octanol–water partition coefficient (Wildman–Crippen LogP) is 2.20. The van der Waals surface area contributed by atoms with Gasteiger partial charge in [0.1, 0.15) is 5.82 Å². The van der Waals surface area contributed by atoms with Crippen LogP contribution in [0.4, 0.5) is 5.82 Å². The van der Waals surface area contributed by atoms with Crippen molar-refractivity contribution in [2.75, 3.05) is 5.32 Å². The first kappa shape index (κ1) is 16.0. The van der Waals surface area contributed by atoms with Crippen molar-refractivity contribution >= 4 is 24.1 Å². The molecule has 6 heteroatoms. The summed E-state index contributed by atoms with van der Waals surface area (Å²) in [6.45, 7) is 5.83. The first-order valence-corrected chi connectivity index (χ1v) is 6.60. The van der Waals surface area contributed by atoms with Crippen LogP contribution in [0, 0.1) is 11.8 Å². The van der Waals surface area contributed by atoms with Gasteiger partial charge in [-0.25, -0.2) is 4.68 Å². The lowest BCUT2D eigenvalue weighted by atomic mass is 10.0. The third-order valence-corrected chi connectivity index (χ3v) is 3.81. The highest BCUT2D eigenvalue weighted by Crippen LogP contribution is 2.40. The van der Waals surface area contributed by atoms with Gasteiger partial charge < -0.3 is 11.1 Å². The fourth-order valence-electron chi connectivity index (χ4n) is 1.99. The van der Waals surface area contributed by atoms with Crippen molar-refractivity contribution in [2.45, 2.75) is 45.7 Å². The zero-order valence-corrected chi connectivity index (χ0v) is 12.5. The van der Waals surface area contributed by atoms with Crippen LogP contribution in [0.3, 0.4) is 0 Å². The monoisotopic (exact) mass is 286 g/mol. The van der Waals surface area contributed by atoms with Gasteiger partial charge in [0.25, 0.3) is 0 Å². The highest BCUT2D eigenvalue weighted by Gasteiger charge is 2.31. The summed E-state index contributed by atoms with van der Waals surface area (Å²) in [5.41, 5.74) is 5.74. The number of halogens is 1. The van der Waals surface area contributed by atoms with Gasteiger partial charge in [0.2, 0.25) is 5.91 Å². The van der Waals surface area contributed by atoms with Crippen molar-refractivity contribution < 1.29 is 4.79 Å². The van der Waals surface area contributed by atoms with Crippen LogP contribution < -0.4 is 11.1 Å². The van der Waals surface area contributed by atoms with Crippen molar-refractivity contribution in [3.63, 3.8) is 0 Å². The van der Waals surface area contributed by atoms with Crippen LogP contribution >= 0.6 is 12.4 Å². The Bertz CT molecular complexity index is 428. The lowest BCUT2D eigenvalue weighted by molar-refractivity contribution is -0.119. The number of nitrogens with zero attached hydrogens (tertiary/aromatic N) is 2. The lowest BCUT2D eigenvalue weighted by Crippen LogP contribution is -2.35. The minimum absolute atomic E-state index is 0. The number of carbonyl (C=O) groups excluding carboxylic acids is 1. The molecule has 1 saturated carbocycles. The Kier molecular flexibility index (Phi) is 5.38. The van der Waals surface area contributed by atoms with Gasteiger partial charge in [-0.2, -0.15) is 5.10 Å². The van der Waals surface area contributed by atoms with E-state index in [-0.39, 0.29) is 30.3 Å². The smallest absolute Gasteiger partial charge is 0.229 e. The van der Waals surface area contributed by atoms with E-state index in [4.69, 9.17) is 5.73 Å². The maximum atomic E-state index is 12.0. The van der Waals surface area contributed by atoms with Gasteiger partial charge in [0, 0.05) is 12.1 Å². The van der Waals surface area contributed by atoms with E-state index in [1.807, 2.05) is 24.6 Å². The SMILES string of the molecule is CC(N)C(C)C(=O)Nc1ccnn1C(C)C1CC1.Cl. The van der Waals surface area contributed by atoms with Crippen LogP contribution in [0.1, 0.15) is 39.7 Å². The summed E-state index contributed by atoms with van der Waals surface area (Å²) in [6, 6.07) is 2.04. The standard InChI is InChI=1S/C13H22N4O.ClH/c1-8(9(2)14)13(18)16-12-6-7-15-17(12)10(3)11-4-5-11;/h6-11H,4-5,14H2,1-3H3,(H,16,18);1H. The van der Waals surface area contributed by atoms with Gasteiger partial charge in [-0.1, -0.05) is 6.92 Å². The van der Waals surface area contributed by atoms with Crippen LogP contribution in [0.5, 0.6) is 0 Å². The average molecular weight is 287 g/mol. The van der Waals surface area contributed by atoms with Crippen LogP contribution in [0.2, 0.25) is 0 Å². The summed E-state index contributed by atoms with van der Waals surface area (Å²) in [7, 11) is 0. The second kappa shape index (κ2) is 6.39. The Morgan fingerprint density at radius 1 is 1.47 bits per heavy atom. The molecule has 1 aliphatic carbocycles. The molecule has 1 fully saturated rings. The molecule has 0 aliphatic heterocycles. The van der Waals surface area contributed by atoms with E-state index in [9.17, 15) is 4.79 Å². The molecule has 3 unspecified atom stereocenters. The summed E-state index contributed by atoms with van der Waals surface area (Å²) >= 11 is 0. The number of anilines is 1. The Morgan fingerprint density at radius 3 is 2.63 bits per heavy atom. The van der Waals surface area contributed by atoms with E-state index in [0.29, 0.717) is 12.0 Å². The maximum Gasteiger partial charge on any atom is 0.229 e. The average Bonchev–Trinajstić information content (AvgIpc) is 3.08. The molecule has 0 aromatic carbocycles. The number of nitrogens with one attached hydrogen (secondary N) is 1. The molecule has 3 atom stereocenters. The first-order chi connectivity index (χ1) is 8.50. The first-order valence-electron chi connectivity index (χ1n) is 6.60. The molecule has 0 saturated heterocycles. The van der Waals surface area contributed by atoms with Crippen LogP contribution in [0.25, 0.3) is 0 Å². The van der Waals surface area contributed by atoms with E-state index in [0.717, 1.165) is 5.82 Å². The van der Waals surface area contributed by atoms with Gasteiger partial charge in [-0.05, 0) is 32.6 Å². The molecule has 2 rings (SSSR count). The van der Waals surface area contributed by atoms with E-state index in [1.54, 1.807) is 6.20 Å². The molecule has 1 aliphatic rings. The molecule has 0 radical (unpaired) electrons. The Labute approximate surface area is 120 Å². The van der Waals surface area contributed by atoms with Gasteiger partial charge in [0.15, 0.2) is 0 Å². The molecule has 1 aromatic heterocycles. The zero-order valence-electron chi connectivity index (χ0n) is 11.7. The number of rotatable bonds is 5. The lowest BCUT2D eigenvalue weighted by Gasteiger charge is -2.18. The molecular formula is C13H23ClN4O. The zero-order chi connectivity index (χ0) is 13.3. The minimum atomic E-state index is -0.204. The summed E-state index contributed by atoms with van der Waals surface area (Å²) in [6.07, 6.45) is 4.24. The number of hydrogen-bond donors (Lipinski definition) is 2. The van der Waals surface area contributed by atoms with Gasteiger partial charge >= 0.3 is 0 Å². The van der Waals surface area contributed by atoms with E-state index < -0.39 is 0 Å². The highest BCUT2D eigenvalue weighted by atomic mass is 35.5. The largest absolute Gasteiger partial charge is 0.327 e. The third kappa shape index (κ3) is 3.70. The van der Waals surface area contributed by atoms with Crippen LogP contribution in [-0.2, 0) is 4.79 Å². The van der Waals surface area contributed by atoms with E-state index in [1.165, 1.54) is 12.8 Å². The van der Waals surface area contributed by atoms with Crippen molar-refractivity contribution in [1.82, 2.24) is 9.78 Å². The summed E-state index contributed by atoms with van der Waals surface area (Å²) in [4.78, 5) is 12.0. The second-order valence-corrected chi connectivity index (χ2v) is 5.38. The fourth-order valence-corrected chi connectivity index (χ4v) is 1.99. The van der Waals surface area contributed by atoms with Gasteiger partial charge in [-0.15, -0.1) is 12.4 Å². The van der Waals surface area contributed by atoms with Crippen LogP contribution in [0.15, 0.2) is 12.3 Å². The summed E-state index contributed by atoms with van der Waals surface area (Å²) in [5, 5.41) is 7.22. The number of nitrogens with two attached hydrogens (primary N) is 1.